The van der Waals surface area contributed by atoms with E-state index in [2.05, 4.69) is 54.5 Å². The Labute approximate surface area is 127 Å². The molecule has 0 amide bonds. The molecule has 0 fully saturated rings. The molecule has 3 heteroatoms. The van der Waals surface area contributed by atoms with Gasteiger partial charge in [0.25, 0.3) is 0 Å². The first-order chi connectivity index (χ1) is 10.2. The first kappa shape index (κ1) is 15.4. The number of para-hydroxylation sites is 2. The number of hydrogen-bond acceptors (Lipinski definition) is 3. The normalized spacial score (nSPS) is 12.0. The molecule has 2 rings (SSSR count). The molecule has 1 atom stereocenters. The highest BCUT2D eigenvalue weighted by molar-refractivity contribution is 5.58. The summed E-state index contributed by atoms with van der Waals surface area (Å²) in [5.74, 6) is 0.902. The maximum absolute atomic E-state index is 5.44. The summed E-state index contributed by atoms with van der Waals surface area (Å²) >= 11 is 0. The van der Waals surface area contributed by atoms with Crippen molar-refractivity contribution in [2.45, 2.75) is 13.0 Å². The Morgan fingerprint density at radius 2 is 1.76 bits per heavy atom. The molecule has 1 unspecified atom stereocenters. The van der Waals surface area contributed by atoms with E-state index in [0.29, 0.717) is 0 Å². The Morgan fingerprint density at radius 3 is 2.38 bits per heavy atom. The molecule has 0 saturated carbocycles. The van der Waals surface area contributed by atoms with E-state index in [0.717, 1.165) is 18.0 Å². The number of rotatable bonds is 6. The molecule has 2 aromatic carbocycles. The number of methoxy groups -OCH3 is 1. The summed E-state index contributed by atoms with van der Waals surface area (Å²) in [6.07, 6.45) is 0. The maximum atomic E-state index is 5.44. The zero-order chi connectivity index (χ0) is 15.2. The van der Waals surface area contributed by atoms with Gasteiger partial charge in [-0.15, -0.1) is 0 Å². The van der Waals surface area contributed by atoms with Crippen LogP contribution in [0.15, 0.2) is 48.5 Å². The van der Waals surface area contributed by atoms with Crippen LogP contribution in [0, 0.1) is 6.92 Å². The van der Waals surface area contributed by atoms with Crippen LogP contribution in [0.1, 0.15) is 17.2 Å². The molecule has 21 heavy (non-hydrogen) atoms. The van der Waals surface area contributed by atoms with E-state index in [1.807, 2.05) is 25.2 Å². The molecule has 0 bridgehead atoms. The third-order valence-electron chi connectivity index (χ3n) is 3.78. The number of anilines is 1. The zero-order valence-electron chi connectivity index (χ0n) is 13.3. The number of hydrogen-bond donors (Lipinski definition) is 1. The fourth-order valence-corrected chi connectivity index (χ4v) is 2.48. The molecular weight excluding hydrogens is 260 g/mol. The van der Waals surface area contributed by atoms with E-state index in [1.54, 1.807) is 7.11 Å². The van der Waals surface area contributed by atoms with Crippen LogP contribution < -0.4 is 15.0 Å². The third kappa shape index (κ3) is 3.76. The Hall–Kier alpha value is -2.00. The van der Waals surface area contributed by atoms with Gasteiger partial charge in [0.2, 0.25) is 0 Å². The van der Waals surface area contributed by atoms with Gasteiger partial charge in [-0.1, -0.05) is 42.0 Å². The van der Waals surface area contributed by atoms with Crippen LogP contribution >= 0.6 is 0 Å². The van der Waals surface area contributed by atoms with Gasteiger partial charge in [0.15, 0.2) is 0 Å². The third-order valence-corrected chi connectivity index (χ3v) is 3.78. The summed E-state index contributed by atoms with van der Waals surface area (Å²) < 4.78 is 5.44. The van der Waals surface area contributed by atoms with Crippen LogP contribution in [0.3, 0.4) is 0 Å². The molecule has 0 aliphatic carbocycles. The molecular formula is C18H24N2O. The van der Waals surface area contributed by atoms with Crippen molar-refractivity contribution in [1.29, 1.82) is 0 Å². The minimum Gasteiger partial charge on any atom is -0.495 e. The quantitative estimate of drug-likeness (QED) is 0.880. The van der Waals surface area contributed by atoms with Crippen molar-refractivity contribution < 1.29 is 4.74 Å². The van der Waals surface area contributed by atoms with Gasteiger partial charge in [0, 0.05) is 19.6 Å². The summed E-state index contributed by atoms with van der Waals surface area (Å²) in [5.41, 5.74) is 3.68. The lowest BCUT2D eigenvalue weighted by atomic mass is 10.0. The first-order valence-corrected chi connectivity index (χ1v) is 7.23. The minimum absolute atomic E-state index is 0.278. The molecule has 0 saturated heterocycles. The highest BCUT2D eigenvalue weighted by Crippen LogP contribution is 2.28. The fourth-order valence-electron chi connectivity index (χ4n) is 2.48. The van der Waals surface area contributed by atoms with Gasteiger partial charge in [-0.25, -0.2) is 0 Å². The van der Waals surface area contributed by atoms with E-state index in [4.69, 9.17) is 4.74 Å². The Balaban J connectivity index is 2.16. The molecule has 0 aliphatic rings. The fraction of sp³-hybridized carbons (Fsp3) is 0.333. The first-order valence-electron chi connectivity index (χ1n) is 7.23. The molecule has 112 valence electrons. The number of likely N-dealkylation sites (N-methyl/N-ethyl adjacent to an activating group) is 2. The lowest BCUT2D eigenvalue weighted by molar-refractivity contribution is 0.414. The number of ether oxygens (including phenoxy) is 1. The van der Waals surface area contributed by atoms with Crippen LogP contribution in [0.2, 0.25) is 0 Å². The maximum Gasteiger partial charge on any atom is 0.142 e. The molecule has 1 N–H and O–H groups in total. The summed E-state index contributed by atoms with van der Waals surface area (Å²) in [6, 6.07) is 17.1. The van der Waals surface area contributed by atoms with Crippen LogP contribution in [0.4, 0.5) is 5.69 Å². The van der Waals surface area contributed by atoms with Crippen LogP contribution in [-0.4, -0.2) is 27.7 Å². The second-order valence-corrected chi connectivity index (χ2v) is 5.30. The van der Waals surface area contributed by atoms with Crippen molar-refractivity contribution >= 4 is 5.69 Å². The van der Waals surface area contributed by atoms with Crippen molar-refractivity contribution in [1.82, 2.24) is 5.32 Å². The van der Waals surface area contributed by atoms with E-state index in [1.165, 1.54) is 11.1 Å². The van der Waals surface area contributed by atoms with Gasteiger partial charge in [-0.2, -0.15) is 0 Å². The van der Waals surface area contributed by atoms with E-state index < -0.39 is 0 Å². The molecule has 0 spiro atoms. The summed E-state index contributed by atoms with van der Waals surface area (Å²) in [5, 5.41) is 3.39. The molecule has 3 nitrogen and oxygen atoms in total. The topological polar surface area (TPSA) is 24.5 Å². The SMILES string of the molecule is CNC(CN(C)c1ccccc1OC)c1ccc(C)cc1. The van der Waals surface area contributed by atoms with Gasteiger partial charge in [0.05, 0.1) is 12.8 Å². The highest BCUT2D eigenvalue weighted by Gasteiger charge is 2.14. The highest BCUT2D eigenvalue weighted by atomic mass is 16.5. The number of aryl methyl sites for hydroxylation is 1. The van der Waals surface area contributed by atoms with Crippen LogP contribution in [0.25, 0.3) is 0 Å². The second kappa shape index (κ2) is 7.14. The van der Waals surface area contributed by atoms with E-state index in [9.17, 15) is 0 Å². The van der Waals surface area contributed by atoms with E-state index in [-0.39, 0.29) is 6.04 Å². The van der Waals surface area contributed by atoms with Crippen molar-refractivity contribution in [3.63, 3.8) is 0 Å². The van der Waals surface area contributed by atoms with Gasteiger partial charge in [-0.05, 0) is 31.7 Å². The lowest BCUT2D eigenvalue weighted by Gasteiger charge is -2.27. The van der Waals surface area contributed by atoms with Crippen molar-refractivity contribution in [3.05, 3.63) is 59.7 Å². The molecule has 0 heterocycles. The van der Waals surface area contributed by atoms with Gasteiger partial charge < -0.3 is 15.0 Å². The van der Waals surface area contributed by atoms with E-state index >= 15 is 0 Å². The monoisotopic (exact) mass is 284 g/mol. The summed E-state index contributed by atoms with van der Waals surface area (Å²) in [4.78, 5) is 2.22. The smallest absolute Gasteiger partial charge is 0.142 e. The average Bonchev–Trinajstić information content (AvgIpc) is 2.53. The van der Waals surface area contributed by atoms with Gasteiger partial charge in [-0.3, -0.25) is 0 Å². The van der Waals surface area contributed by atoms with Crippen molar-refractivity contribution in [3.8, 4) is 5.75 Å². The second-order valence-electron chi connectivity index (χ2n) is 5.30. The predicted octanol–water partition coefficient (Wildman–Crippen LogP) is 3.40. The Bertz CT molecular complexity index is 566. The van der Waals surface area contributed by atoms with Gasteiger partial charge >= 0.3 is 0 Å². The predicted molar refractivity (Wildman–Crippen MR) is 89.2 cm³/mol. The zero-order valence-corrected chi connectivity index (χ0v) is 13.3. The molecule has 0 aromatic heterocycles. The standard InChI is InChI=1S/C18H24N2O/c1-14-9-11-15(12-10-14)16(19-2)13-20(3)17-7-5-6-8-18(17)21-4/h5-12,16,19H,13H2,1-4H3. The van der Waals surface area contributed by atoms with Crippen LogP contribution in [0.5, 0.6) is 5.75 Å². The summed E-state index contributed by atoms with van der Waals surface area (Å²) in [7, 11) is 5.80. The Morgan fingerprint density at radius 1 is 1.10 bits per heavy atom. The van der Waals surface area contributed by atoms with Gasteiger partial charge in [0.1, 0.15) is 5.75 Å². The lowest BCUT2D eigenvalue weighted by Crippen LogP contribution is -2.31. The average molecular weight is 284 g/mol. The van der Waals surface area contributed by atoms with Crippen molar-refractivity contribution in [2.75, 3.05) is 32.6 Å². The molecule has 2 aromatic rings. The number of nitrogens with one attached hydrogen (secondary N) is 1. The Kier molecular flexibility index (Phi) is 5.23. The summed E-state index contributed by atoms with van der Waals surface area (Å²) in [6.45, 7) is 2.99. The minimum atomic E-state index is 0.278. The molecule has 0 aliphatic heterocycles. The largest absolute Gasteiger partial charge is 0.495 e. The number of benzene rings is 2. The number of nitrogens with zero attached hydrogens (tertiary/aromatic N) is 1. The van der Waals surface area contributed by atoms with Crippen molar-refractivity contribution in [2.24, 2.45) is 0 Å². The molecule has 0 radical (unpaired) electrons. The van der Waals surface area contributed by atoms with Crippen LogP contribution in [-0.2, 0) is 0 Å².